The van der Waals surface area contributed by atoms with Crippen LogP contribution in [0.15, 0.2) is 48.0 Å². The highest BCUT2D eigenvalue weighted by molar-refractivity contribution is 7.99. The van der Waals surface area contributed by atoms with Gasteiger partial charge in [0.1, 0.15) is 11.6 Å². The number of carbonyl (C=O) groups excluding carboxylic acids is 3. The number of benzene rings is 1. The Labute approximate surface area is 279 Å². The van der Waals surface area contributed by atoms with E-state index in [0.717, 1.165) is 42.6 Å². The van der Waals surface area contributed by atoms with Crippen molar-refractivity contribution in [2.24, 2.45) is 18.7 Å². The van der Waals surface area contributed by atoms with Crippen LogP contribution in [0.5, 0.6) is 0 Å². The molecule has 5 N–H and O–H groups in total. The van der Waals surface area contributed by atoms with Crippen LogP contribution in [0.25, 0.3) is 0 Å². The summed E-state index contributed by atoms with van der Waals surface area (Å²) in [5.41, 5.74) is 6.81. The molecule has 2 aromatic heterocycles. The van der Waals surface area contributed by atoms with Crippen LogP contribution in [0.3, 0.4) is 0 Å². The van der Waals surface area contributed by atoms with Gasteiger partial charge in [0.2, 0.25) is 11.1 Å². The minimum Gasteiger partial charge on any atom is -0.443 e. The first-order chi connectivity index (χ1) is 22.4. The van der Waals surface area contributed by atoms with E-state index in [0.29, 0.717) is 17.3 Å². The van der Waals surface area contributed by atoms with Crippen molar-refractivity contribution >= 4 is 29.7 Å². The van der Waals surface area contributed by atoms with Crippen molar-refractivity contribution in [1.29, 1.82) is 0 Å². The highest BCUT2D eigenvalue weighted by atomic mass is 32.2. The lowest BCUT2D eigenvalue weighted by molar-refractivity contribution is -0.140. The van der Waals surface area contributed by atoms with E-state index in [4.69, 9.17) is 10.5 Å². The molecule has 0 radical (unpaired) electrons. The molecule has 3 aromatic rings. The molecule has 0 bridgehead atoms. The highest BCUT2D eigenvalue weighted by Crippen LogP contribution is 2.32. The number of amides is 3. The molecule has 1 saturated carbocycles. The number of thioether (sulfide) groups is 1. The first-order valence-corrected chi connectivity index (χ1v) is 17.1. The first kappa shape index (κ1) is 36.0. The van der Waals surface area contributed by atoms with Crippen LogP contribution in [-0.4, -0.2) is 93.7 Å². The predicted molar refractivity (Wildman–Crippen MR) is 176 cm³/mol. The molecule has 0 saturated heterocycles. The van der Waals surface area contributed by atoms with Crippen LogP contribution in [0.1, 0.15) is 70.6 Å². The van der Waals surface area contributed by atoms with Gasteiger partial charge in [-0.2, -0.15) is 0 Å². The van der Waals surface area contributed by atoms with Gasteiger partial charge in [0.05, 0.1) is 24.5 Å². The van der Waals surface area contributed by atoms with Gasteiger partial charge < -0.3 is 25.9 Å². The maximum atomic E-state index is 14.7. The number of ether oxygens (including phenoxy) is 1. The van der Waals surface area contributed by atoms with Crippen LogP contribution < -0.4 is 11.1 Å². The summed E-state index contributed by atoms with van der Waals surface area (Å²) in [6.07, 6.45) is 6.63. The third-order valence-corrected chi connectivity index (χ3v) is 9.21. The number of rotatable bonds is 14. The van der Waals surface area contributed by atoms with E-state index < -0.39 is 47.7 Å². The van der Waals surface area contributed by atoms with Crippen molar-refractivity contribution in [2.75, 3.05) is 5.75 Å². The van der Waals surface area contributed by atoms with Gasteiger partial charge in [0.15, 0.2) is 0 Å². The van der Waals surface area contributed by atoms with Crippen molar-refractivity contribution in [1.82, 2.24) is 40.4 Å². The Kier molecular flexibility index (Phi) is 12.9. The molecule has 0 aliphatic heterocycles. The summed E-state index contributed by atoms with van der Waals surface area (Å²) < 4.78 is 7.27. The summed E-state index contributed by atoms with van der Waals surface area (Å²) >= 11 is 1.22. The molecule has 47 heavy (non-hydrogen) atoms. The Morgan fingerprint density at radius 2 is 1.89 bits per heavy atom. The number of tetrazole rings is 1. The average Bonchev–Trinajstić information content (AvgIpc) is 3.70. The van der Waals surface area contributed by atoms with Gasteiger partial charge in [-0.25, -0.2) is 19.4 Å². The average molecular weight is 670 g/mol. The molecule has 14 nitrogen and oxygen atoms in total. The largest absolute Gasteiger partial charge is 0.443 e. The van der Waals surface area contributed by atoms with E-state index in [1.54, 1.807) is 34.0 Å². The van der Waals surface area contributed by atoms with Crippen LogP contribution >= 0.6 is 11.8 Å². The van der Waals surface area contributed by atoms with Crippen LogP contribution in [0.2, 0.25) is 0 Å². The minimum atomic E-state index is -1.21. The standard InChI is InChI=1S/C32H47N9O5S/c1-32(2,3)46-31(45)41(26(16-22-13-9-6-10-14-22)27(42)19-47-30-37-38-39-40(30)4)29(44)25(17-23-18-34-20-35-23)36-28(43)24(33)15-21-11-7-5-8-12-21/h5,7-8,11-12,18,20,22,24-27,42H,6,9-10,13-17,19,33H2,1-4H3,(H,34,35)(H,36,43)/t24-,25-,26-,27?/m0/s1. The number of nitrogens with two attached hydrogens (primary N) is 1. The second-order valence-corrected chi connectivity index (χ2v) is 14.1. The maximum Gasteiger partial charge on any atom is 0.417 e. The van der Waals surface area contributed by atoms with E-state index in [1.807, 2.05) is 30.3 Å². The number of nitrogens with zero attached hydrogens (tertiary/aromatic N) is 6. The third-order valence-electron chi connectivity index (χ3n) is 8.10. The summed E-state index contributed by atoms with van der Waals surface area (Å²) in [6.45, 7) is 5.14. The van der Waals surface area contributed by atoms with Crippen molar-refractivity contribution in [3.63, 3.8) is 0 Å². The summed E-state index contributed by atoms with van der Waals surface area (Å²) in [4.78, 5) is 50.2. The molecule has 4 rings (SSSR count). The van der Waals surface area contributed by atoms with Gasteiger partial charge in [0, 0.05) is 31.1 Å². The molecule has 1 aromatic carbocycles. The number of nitrogens with one attached hydrogen (secondary N) is 2. The van der Waals surface area contributed by atoms with Crippen LogP contribution in [-0.2, 0) is 34.2 Å². The van der Waals surface area contributed by atoms with Gasteiger partial charge in [-0.05, 0) is 55.5 Å². The first-order valence-electron chi connectivity index (χ1n) is 16.1. The predicted octanol–water partition coefficient (Wildman–Crippen LogP) is 2.79. The lowest BCUT2D eigenvalue weighted by Gasteiger charge is -2.38. The number of aromatic amines is 1. The molecule has 0 spiro atoms. The second-order valence-electron chi connectivity index (χ2n) is 13.1. The Balaban J connectivity index is 1.66. The summed E-state index contributed by atoms with van der Waals surface area (Å²) in [5, 5.41) is 26.5. The second kappa shape index (κ2) is 16.8. The zero-order valence-corrected chi connectivity index (χ0v) is 28.4. The number of hydrogen-bond donors (Lipinski definition) is 4. The summed E-state index contributed by atoms with van der Waals surface area (Å²) in [5.74, 6) is -0.968. The molecule has 1 aliphatic carbocycles. The lowest BCUT2D eigenvalue weighted by atomic mass is 9.83. The van der Waals surface area contributed by atoms with E-state index in [-0.39, 0.29) is 24.5 Å². The van der Waals surface area contributed by atoms with Crippen LogP contribution in [0, 0.1) is 5.92 Å². The number of aromatic nitrogens is 6. The monoisotopic (exact) mass is 669 g/mol. The number of H-pyrrole nitrogens is 1. The Morgan fingerprint density at radius 3 is 2.51 bits per heavy atom. The molecule has 4 atom stereocenters. The third kappa shape index (κ3) is 10.9. The Morgan fingerprint density at radius 1 is 1.17 bits per heavy atom. The van der Waals surface area contributed by atoms with Crippen LogP contribution in [0.4, 0.5) is 4.79 Å². The number of hydrogen-bond acceptors (Lipinski definition) is 11. The van der Waals surface area contributed by atoms with Gasteiger partial charge in [-0.15, -0.1) is 5.10 Å². The summed E-state index contributed by atoms with van der Waals surface area (Å²) in [7, 11) is 1.69. The zero-order chi connectivity index (χ0) is 34.0. The fraction of sp³-hybridized carbons (Fsp3) is 0.594. The number of imide groups is 1. The van der Waals surface area contributed by atoms with Crippen molar-refractivity contribution < 1.29 is 24.2 Å². The molecule has 1 unspecified atom stereocenters. The quantitative estimate of drug-likeness (QED) is 0.184. The van der Waals surface area contributed by atoms with Crippen molar-refractivity contribution in [2.45, 2.75) is 107 Å². The van der Waals surface area contributed by atoms with Gasteiger partial charge in [0.25, 0.3) is 5.91 Å². The van der Waals surface area contributed by atoms with Gasteiger partial charge >= 0.3 is 6.09 Å². The van der Waals surface area contributed by atoms with E-state index in [9.17, 15) is 19.5 Å². The molecule has 15 heteroatoms. The van der Waals surface area contributed by atoms with Gasteiger partial charge in [-0.3, -0.25) is 9.59 Å². The molecule has 3 amide bonds. The molecule has 1 fully saturated rings. The number of imidazole rings is 1. The Bertz CT molecular complexity index is 1420. The fourth-order valence-corrected chi connectivity index (χ4v) is 6.60. The number of carbonyl (C=O) groups is 3. The highest BCUT2D eigenvalue weighted by Gasteiger charge is 2.42. The molecule has 1 aliphatic rings. The number of aliphatic hydroxyl groups excluding tert-OH is 1. The van der Waals surface area contributed by atoms with E-state index >= 15 is 0 Å². The SMILES string of the molecule is Cn1nnnc1SCC(O)[C@H](CC1CCCCC1)N(C(=O)OC(C)(C)C)C(=O)[C@H](Cc1cnc[nH]1)NC(=O)[C@@H](N)Cc1ccccc1. The topological polar surface area (TPSA) is 194 Å². The van der Waals surface area contributed by atoms with E-state index in [2.05, 4.69) is 30.8 Å². The fourth-order valence-electron chi connectivity index (χ4n) is 5.74. The normalized spacial score (nSPS) is 16.6. The number of aryl methyl sites for hydroxylation is 1. The molecular weight excluding hydrogens is 622 g/mol. The maximum absolute atomic E-state index is 14.7. The molecule has 2 heterocycles. The smallest absolute Gasteiger partial charge is 0.417 e. The molecular formula is C32H47N9O5S. The number of aliphatic hydroxyl groups is 1. The molecule has 256 valence electrons. The van der Waals surface area contributed by atoms with Gasteiger partial charge in [-0.1, -0.05) is 74.2 Å². The van der Waals surface area contributed by atoms with E-state index in [1.165, 1.54) is 22.8 Å². The summed E-state index contributed by atoms with van der Waals surface area (Å²) in [6, 6.07) is 6.22. The lowest BCUT2D eigenvalue weighted by Crippen LogP contribution is -2.60. The minimum absolute atomic E-state index is 0.00747. The van der Waals surface area contributed by atoms with Crippen molar-refractivity contribution in [3.8, 4) is 0 Å². The Hall–Kier alpha value is -3.82. The van der Waals surface area contributed by atoms with Crippen molar-refractivity contribution in [3.05, 3.63) is 54.1 Å². The zero-order valence-electron chi connectivity index (χ0n) is 27.5.